The van der Waals surface area contributed by atoms with Crippen LogP contribution in [0.4, 0.5) is 0 Å². The van der Waals surface area contributed by atoms with Gasteiger partial charge in [-0.25, -0.2) is 4.99 Å². The van der Waals surface area contributed by atoms with Crippen LogP contribution < -0.4 is 5.32 Å². The van der Waals surface area contributed by atoms with E-state index >= 15 is 0 Å². The highest BCUT2D eigenvalue weighted by molar-refractivity contribution is 14.0. The molecule has 0 aliphatic carbocycles. The van der Waals surface area contributed by atoms with Gasteiger partial charge in [0.1, 0.15) is 12.4 Å². The minimum Gasteiger partial charge on any atom is -0.357 e. The highest BCUT2D eigenvalue weighted by atomic mass is 127. The van der Waals surface area contributed by atoms with Crippen LogP contribution in [0.15, 0.2) is 22.5 Å². The van der Waals surface area contributed by atoms with E-state index in [1.165, 1.54) is 24.1 Å². The monoisotopic (exact) mass is 488 g/mol. The van der Waals surface area contributed by atoms with Crippen LogP contribution in [0.1, 0.15) is 42.7 Å². The molecule has 0 unspecified atom stereocenters. The zero-order chi connectivity index (χ0) is 17.5. The molecule has 8 heteroatoms. The van der Waals surface area contributed by atoms with E-state index in [-0.39, 0.29) is 24.0 Å². The van der Waals surface area contributed by atoms with Gasteiger partial charge in [-0.15, -0.1) is 45.5 Å². The third-order valence-corrected chi connectivity index (χ3v) is 5.46. The zero-order valence-corrected chi connectivity index (χ0v) is 18.8. The molecule has 1 aliphatic heterocycles. The van der Waals surface area contributed by atoms with E-state index in [9.17, 15) is 0 Å². The van der Waals surface area contributed by atoms with Gasteiger partial charge in [-0.1, -0.05) is 12.5 Å². The summed E-state index contributed by atoms with van der Waals surface area (Å²) in [5.41, 5.74) is 0. The fourth-order valence-corrected chi connectivity index (χ4v) is 3.81. The summed E-state index contributed by atoms with van der Waals surface area (Å²) in [7, 11) is 2.10. The number of thiophene rings is 1. The van der Waals surface area contributed by atoms with Gasteiger partial charge in [-0.3, -0.25) is 0 Å². The molecular formula is C18H29IN6S. The Morgan fingerprint density at radius 3 is 3.00 bits per heavy atom. The number of halogens is 1. The fraction of sp³-hybridized carbons (Fsp3) is 0.611. The zero-order valence-electron chi connectivity index (χ0n) is 15.6. The predicted molar refractivity (Wildman–Crippen MR) is 118 cm³/mol. The Morgan fingerprint density at radius 1 is 1.35 bits per heavy atom. The highest BCUT2D eigenvalue weighted by Crippen LogP contribution is 2.15. The second-order valence-electron chi connectivity index (χ2n) is 6.42. The smallest absolute Gasteiger partial charge is 0.194 e. The summed E-state index contributed by atoms with van der Waals surface area (Å²) in [6, 6.07) is 4.30. The number of guanidine groups is 1. The second-order valence-corrected chi connectivity index (χ2v) is 7.45. The highest BCUT2D eigenvalue weighted by Gasteiger charge is 2.15. The maximum atomic E-state index is 4.81. The summed E-state index contributed by atoms with van der Waals surface area (Å²) in [6.45, 7) is 5.52. The Bertz CT molecular complexity index is 682. The lowest BCUT2D eigenvalue weighted by Gasteiger charge is -2.21. The largest absolute Gasteiger partial charge is 0.357 e. The van der Waals surface area contributed by atoms with Gasteiger partial charge in [0.2, 0.25) is 0 Å². The average Bonchev–Trinajstić information content (AvgIpc) is 3.21. The molecule has 3 heterocycles. The molecule has 0 amide bonds. The summed E-state index contributed by atoms with van der Waals surface area (Å²) in [4.78, 5) is 8.41. The Kier molecular flexibility index (Phi) is 8.83. The summed E-state index contributed by atoms with van der Waals surface area (Å²) in [5.74, 6) is 3.04. The van der Waals surface area contributed by atoms with Gasteiger partial charge in [0, 0.05) is 38.0 Å². The molecule has 0 saturated carbocycles. The molecule has 0 radical (unpaired) electrons. The van der Waals surface area contributed by atoms with Gasteiger partial charge in [-0.05, 0) is 37.6 Å². The Hall–Kier alpha value is -1.16. The number of fused-ring (bicyclic) bond motifs is 1. The molecule has 0 atom stereocenters. The molecular weight excluding hydrogens is 459 g/mol. The van der Waals surface area contributed by atoms with E-state index in [1.54, 1.807) is 0 Å². The van der Waals surface area contributed by atoms with Crippen molar-refractivity contribution in [2.45, 2.75) is 52.1 Å². The van der Waals surface area contributed by atoms with E-state index in [1.807, 2.05) is 11.3 Å². The van der Waals surface area contributed by atoms with E-state index in [0.717, 1.165) is 50.1 Å². The molecule has 2 aromatic heterocycles. The van der Waals surface area contributed by atoms with Crippen LogP contribution in [0.3, 0.4) is 0 Å². The standard InChI is InChI=1S/C18H28N6S.HI/c1-3-19-18(23(2)12-10-15-8-7-13-25-15)20-14-17-22-21-16-9-5-4-6-11-24(16)17;/h7-8,13H,3-6,9-12,14H2,1-2H3,(H,19,20);1H. The lowest BCUT2D eigenvalue weighted by Crippen LogP contribution is -2.40. The minimum absolute atomic E-state index is 0. The van der Waals surface area contributed by atoms with E-state index in [2.05, 4.69) is 56.5 Å². The van der Waals surface area contributed by atoms with Crippen molar-refractivity contribution in [3.63, 3.8) is 0 Å². The lowest BCUT2D eigenvalue weighted by molar-refractivity contribution is 0.485. The van der Waals surface area contributed by atoms with Crippen molar-refractivity contribution < 1.29 is 0 Å². The first-order chi connectivity index (χ1) is 12.3. The molecule has 0 saturated heterocycles. The Balaban J connectivity index is 0.00000243. The van der Waals surface area contributed by atoms with Gasteiger partial charge in [0.15, 0.2) is 11.8 Å². The van der Waals surface area contributed by atoms with Gasteiger partial charge in [0.05, 0.1) is 0 Å². The minimum atomic E-state index is 0. The van der Waals surface area contributed by atoms with Crippen molar-refractivity contribution in [3.8, 4) is 0 Å². The Labute approximate surface area is 177 Å². The maximum absolute atomic E-state index is 4.81. The van der Waals surface area contributed by atoms with Crippen molar-refractivity contribution >= 4 is 41.3 Å². The molecule has 6 nitrogen and oxygen atoms in total. The van der Waals surface area contributed by atoms with Crippen molar-refractivity contribution in [1.82, 2.24) is 25.0 Å². The normalized spacial score (nSPS) is 14.3. The summed E-state index contributed by atoms with van der Waals surface area (Å²) < 4.78 is 2.27. The maximum Gasteiger partial charge on any atom is 0.194 e. The Morgan fingerprint density at radius 2 is 2.23 bits per heavy atom. The number of aromatic nitrogens is 3. The topological polar surface area (TPSA) is 58.3 Å². The first-order valence-corrected chi connectivity index (χ1v) is 10.1. The number of aryl methyl sites for hydroxylation is 1. The van der Waals surface area contributed by atoms with Crippen molar-refractivity contribution in [1.29, 1.82) is 0 Å². The van der Waals surface area contributed by atoms with Crippen LogP contribution in [-0.2, 0) is 25.9 Å². The third kappa shape index (κ3) is 5.67. The van der Waals surface area contributed by atoms with E-state index in [4.69, 9.17) is 4.99 Å². The number of aliphatic imine (C=N–C) groups is 1. The predicted octanol–water partition coefficient (Wildman–Crippen LogP) is 3.32. The van der Waals surface area contributed by atoms with E-state index in [0.29, 0.717) is 6.54 Å². The van der Waals surface area contributed by atoms with Crippen LogP contribution in [0.25, 0.3) is 0 Å². The molecule has 0 aromatic carbocycles. The van der Waals surface area contributed by atoms with Crippen LogP contribution in [0.2, 0.25) is 0 Å². The number of rotatable bonds is 6. The second kappa shape index (κ2) is 10.9. The number of nitrogens with zero attached hydrogens (tertiary/aromatic N) is 5. The van der Waals surface area contributed by atoms with Gasteiger partial charge < -0.3 is 14.8 Å². The molecule has 0 bridgehead atoms. The number of nitrogens with one attached hydrogen (secondary N) is 1. The van der Waals surface area contributed by atoms with E-state index < -0.39 is 0 Å². The number of likely N-dealkylation sites (N-methyl/N-ethyl adjacent to an activating group) is 1. The molecule has 3 rings (SSSR count). The molecule has 1 N–H and O–H groups in total. The summed E-state index contributed by atoms with van der Waals surface area (Å²) in [6.07, 6.45) is 5.79. The third-order valence-electron chi connectivity index (χ3n) is 4.53. The molecule has 26 heavy (non-hydrogen) atoms. The average molecular weight is 488 g/mol. The van der Waals surface area contributed by atoms with Crippen LogP contribution >= 0.6 is 35.3 Å². The van der Waals surface area contributed by atoms with Crippen LogP contribution in [0, 0.1) is 0 Å². The summed E-state index contributed by atoms with van der Waals surface area (Å²) >= 11 is 1.81. The first kappa shape index (κ1) is 21.1. The molecule has 1 aliphatic rings. The number of hydrogen-bond acceptors (Lipinski definition) is 4. The summed E-state index contributed by atoms with van der Waals surface area (Å²) in [5, 5.41) is 14.3. The fourth-order valence-electron chi connectivity index (χ4n) is 3.12. The molecule has 0 spiro atoms. The number of hydrogen-bond donors (Lipinski definition) is 1. The first-order valence-electron chi connectivity index (χ1n) is 9.20. The van der Waals surface area contributed by atoms with Gasteiger partial charge >= 0.3 is 0 Å². The van der Waals surface area contributed by atoms with Crippen molar-refractivity contribution in [3.05, 3.63) is 34.0 Å². The van der Waals surface area contributed by atoms with Gasteiger partial charge in [0.25, 0.3) is 0 Å². The lowest BCUT2D eigenvalue weighted by atomic mass is 10.2. The molecule has 2 aromatic rings. The SMILES string of the molecule is CCNC(=NCc1nnc2n1CCCCC2)N(C)CCc1cccs1.I. The van der Waals surface area contributed by atoms with Crippen molar-refractivity contribution in [2.24, 2.45) is 4.99 Å². The van der Waals surface area contributed by atoms with Crippen LogP contribution in [-0.4, -0.2) is 45.8 Å². The molecule has 144 valence electrons. The van der Waals surface area contributed by atoms with Crippen LogP contribution in [0.5, 0.6) is 0 Å². The van der Waals surface area contributed by atoms with Gasteiger partial charge in [-0.2, -0.15) is 0 Å². The molecule has 0 fully saturated rings. The van der Waals surface area contributed by atoms with Crippen molar-refractivity contribution in [2.75, 3.05) is 20.1 Å². The quantitative estimate of drug-likeness (QED) is 0.385.